The molecule has 0 amide bonds. The van der Waals surface area contributed by atoms with Crippen LogP contribution in [0.5, 0.6) is 0 Å². The van der Waals surface area contributed by atoms with Gasteiger partial charge in [-0.05, 0) is 31.3 Å². The van der Waals surface area contributed by atoms with E-state index in [0.29, 0.717) is 6.04 Å². The van der Waals surface area contributed by atoms with Gasteiger partial charge in [0, 0.05) is 48.7 Å². The quantitative estimate of drug-likeness (QED) is 0.425. The Kier molecular flexibility index (Phi) is 9.66. The molecule has 0 spiro atoms. The lowest BCUT2D eigenvalue weighted by atomic mass is 10.2. The van der Waals surface area contributed by atoms with Crippen LogP contribution in [0.4, 0.5) is 4.39 Å². The molecular weight excluding hydrogens is 387 g/mol. The van der Waals surface area contributed by atoms with Crippen LogP contribution in [0.3, 0.4) is 0 Å². The smallest absolute Gasteiger partial charge is 0.194 e. The van der Waals surface area contributed by atoms with E-state index in [1.807, 2.05) is 43.1 Å². The highest BCUT2D eigenvalue weighted by Gasteiger charge is 2.18. The summed E-state index contributed by atoms with van der Waals surface area (Å²) in [5.74, 6) is -0.222. The molecule has 29 heavy (non-hydrogen) atoms. The average molecular weight is 417 g/mol. The first-order chi connectivity index (χ1) is 14.2. The number of aromatic nitrogens is 2. The monoisotopic (exact) mass is 416 g/mol. The lowest BCUT2D eigenvalue weighted by molar-refractivity contribution is 0.314. The molecule has 1 aliphatic rings. The minimum atomic E-state index is -0.222. The summed E-state index contributed by atoms with van der Waals surface area (Å²) >= 11 is 1.58. The Morgan fingerprint density at radius 3 is 2.62 bits per heavy atom. The maximum absolute atomic E-state index is 12.7. The zero-order chi connectivity index (χ0) is 21.1. The maximum Gasteiger partial charge on any atom is 0.194 e. The summed E-state index contributed by atoms with van der Waals surface area (Å²) in [7, 11) is 1.88. The number of hydrogen-bond donors (Lipinski definition) is 3. The number of rotatable bonds is 6. The van der Waals surface area contributed by atoms with Gasteiger partial charge in [0.2, 0.25) is 0 Å². The standard InChI is InChI=1S/C11H7FN2S.C8H16N4.C2H6/c12-9-3-1-8(2-4-9)10-7-14-5-6-15-11(14)13-10;1-3-4-11-8(9-2)12-7-5-10-6-7;1-2/h1-7H;3-4,7-10,12H,1,5-6H2,2H3;1-2H3/b;11-4-;. The zero-order valence-electron chi connectivity index (χ0n) is 17.1. The van der Waals surface area contributed by atoms with Crippen LogP contribution in [0.1, 0.15) is 13.8 Å². The first kappa shape index (κ1) is 22.9. The number of imidazole rings is 1. The Labute approximate surface area is 175 Å². The highest BCUT2D eigenvalue weighted by Crippen LogP contribution is 2.21. The first-order valence-electron chi connectivity index (χ1n) is 9.66. The second-order valence-corrected chi connectivity index (χ2v) is 6.85. The number of fused-ring (bicyclic) bond motifs is 1. The van der Waals surface area contributed by atoms with E-state index >= 15 is 0 Å². The van der Waals surface area contributed by atoms with Crippen LogP contribution in [0.2, 0.25) is 0 Å². The van der Waals surface area contributed by atoms with Gasteiger partial charge in [0.1, 0.15) is 5.82 Å². The van der Waals surface area contributed by atoms with Gasteiger partial charge < -0.3 is 5.32 Å². The normalized spacial score (nSPS) is 14.5. The topological polar surface area (TPSA) is 65.8 Å². The van der Waals surface area contributed by atoms with Crippen molar-refractivity contribution in [2.75, 3.05) is 20.1 Å². The van der Waals surface area contributed by atoms with Crippen molar-refractivity contribution >= 4 is 22.5 Å². The molecule has 0 saturated carbocycles. The maximum atomic E-state index is 12.7. The van der Waals surface area contributed by atoms with Crippen molar-refractivity contribution in [3.8, 4) is 11.3 Å². The summed E-state index contributed by atoms with van der Waals surface area (Å²) in [5.41, 5.74) is 1.81. The molecule has 1 saturated heterocycles. The van der Waals surface area contributed by atoms with Gasteiger partial charge >= 0.3 is 0 Å². The molecule has 8 heteroatoms. The van der Waals surface area contributed by atoms with Crippen LogP contribution >= 0.6 is 11.3 Å². The number of hydrogen-bond acceptors (Lipinski definition) is 6. The molecule has 4 rings (SSSR count). The molecule has 1 aromatic carbocycles. The summed E-state index contributed by atoms with van der Waals surface area (Å²) < 4.78 is 14.7. The number of aliphatic imine (C=N–C) groups is 1. The van der Waals surface area contributed by atoms with Crippen LogP contribution < -0.4 is 16.0 Å². The van der Waals surface area contributed by atoms with Crippen molar-refractivity contribution in [1.82, 2.24) is 25.3 Å². The Bertz CT molecular complexity index is 854. The molecule has 0 radical (unpaired) electrons. The van der Waals surface area contributed by atoms with Crippen molar-refractivity contribution in [1.29, 1.82) is 0 Å². The molecule has 0 aliphatic carbocycles. The van der Waals surface area contributed by atoms with Gasteiger partial charge in [0.25, 0.3) is 0 Å². The van der Waals surface area contributed by atoms with Gasteiger partial charge in [-0.25, -0.2) is 9.37 Å². The molecule has 3 heterocycles. The fourth-order valence-electron chi connectivity index (χ4n) is 2.46. The Hall–Kier alpha value is -2.39. The third kappa shape index (κ3) is 6.86. The summed E-state index contributed by atoms with van der Waals surface area (Å²) in [6.07, 6.45) is 7.28. The van der Waals surface area contributed by atoms with Crippen LogP contribution in [0.15, 0.2) is 59.7 Å². The summed E-state index contributed by atoms with van der Waals surface area (Å²) in [6, 6.07) is 6.92. The number of halogens is 1. The molecule has 2 aromatic heterocycles. The number of nitrogens with zero attached hydrogens (tertiary/aromatic N) is 3. The van der Waals surface area contributed by atoms with Crippen LogP contribution in [-0.4, -0.2) is 48.1 Å². The molecule has 1 atom stereocenters. The van der Waals surface area contributed by atoms with E-state index in [-0.39, 0.29) is 12.1 Å². The third-order valence-electron chi connectivity index (χ3n) is 4.02. The zero-order valence-corrected chi connectivity index (χ0v) is 17.9. The van der Waals surface area contributed by atoms with E-state index < -0.39 is 0 Å². The van der Waals surface area contributed by atoms with Gasteiger partial charge in [0.15, 0.2) is 11.3 Å². The Morgan fingerprint density at radius 1 is 1.34 bits per heavy atom. The highest BCUT2D eigenvalue weighted by atomic mass is 32.1. The summed E-state index contributed by atoms with van der Waals surface area (Å²) in [5, 5.41) is 11.5. The van der Waals surface area contributed by atoms with Crippen molar-refractivity contribution in [2.45, 2.75) is 26.2 Å². The second kappa shape index (κ2) is 12.2. The minimum Gasteiger partial charge on any atom is -0.314 e. The lowest BCUT2D eigenvalue weighted by Crippen LogP contribution is -2.59. The van der Waals surface area contributed by atoms with Crippen molar-refractivity contribution in [2.24, 2.45) is 4.99 Å². The van der Waals surface area contributed by atoms with E-state index in [4.69, 9.17) is 0 Å². The van der Waals surface area contributed by atoms with Crippen LogP contribution in [0, 0.1) is 5.82 Å². The van der Waals surface area contributed by atoms with Gasteiger partial charge in [0.05, 0.1) is 5.69 Å². The Balaban J connectivity index is 0.000000196. The number of nitrogens with one attached hydrogen (secondary N) is 3. The van der Waals surface area contributed by atoms with Crippen molar-refractivity contribution < 1.29 is 4.39 Å². The molecular formula is C21H29FN6S. The molecule has 1 unspecified atom stereocenters. The average Bonchev–Trinajstić information content (AvgIpc) is 3.32. The fraction of sp³-hybridized carbons (Fsp3) is 0.333. The SMILES string of the molecule is C=C/C=N\C(NC)NC1CNC1.CC.Fc1ccc(-c2cn3ccsc3n2)cc1. The van der Waals surface area contributed by atoms with Gasteiger partial charge in [-0.2, -0.15) is 0 Å². The minimum absolute atomic E-state index is 0.00935. The van der Waals surface area contributed by atoms with Crippen LogP contribution in [-0.2, 0) is 0 Å². The molecule has 3 N–H and O–H groups in total. The van der Waals surface area contributed by atoms with E-state index in [2.05, 4.69) is 32.5 Å². The second-order valence-electron chi connectivity index (χ2n) is 5.97. The molecule has 3 aromatic rings. The van der Waals surface area contributed by atoms with E-state index in [0.717, 1.165) is 29.3 Å². The largest absolute Gasteiger partial charge is 0.314 e. The van der Waals surface area contributed by atoms with Crippen molar-refractivity contribution in [3.63, 3.8) is 0 Å². The molecule has 1 aliphatic heterocycles. The predicted octanol–water partition coefficient (Wildman–Crippen LogP) is 3.54. The van der Waals surface area contributed by atoms with E-state index in [9.17, 15) is 4.39 Å². The van der Waals surface area contributed by atoms with Gasteiger partial charge in [-0.3, -0.25) is 20.0 Å². The van der Waals surface area contributed by atoms with E-state index in [1.165, 1.54) is 12.1 Å². The van der Waals surface area contributed by atoms with Gasteiger partial charge in [-0.1, -0.05) is 26.5 Å². The number of thiazole rings is 1. The number of benzene rings is 1. The predicted molar refractivity (Wildman–Crippen MR) is 121 cm³/mol. The molecule has 6 nitrogen and oxygen atoms in total. The first-order valence-corrected chi connectivity index (χ1v) is 10.5. The fourth-order valence-corrected chi connectivity index (χ4v) is 3.16. The highest BCUT2D eigenvalue weighted by molar-refractivity contribution is 7.15. The number of allylic oxidation sites excluding steroid dienone is 1. The molecule has 156 valence electrons. The summed E-state index contributed by atoms with van der Waals surface area (Å²) in [4.78, 5) is 9.57. The van der Waals surface area contributed by atoms with Gasteiger partial charge in [-0.15, -0.1) is 11.3 Å². The van der Waals surface area contributed by atoms with Crippen LogP contribution in [0.25, 0.3) is 16.2 Å². The summed E-state index contributed by atoms with van der Waals surface area (Å²) in [6.45, 7) is 9.62. The van der Waals surface area contributed by atoms with E-state index in [1.54, 1.807) is 35.8 Å². The van der Waals surface area contributed by atoms with Crippen molar-refractivity contribution in [3.05, 3.63) is 60.5 Å². The molecule has 0 bridgehead atoms. The lowest BCUT2D eigenvalue weighted by Gasteiger charge is -2.30. The Morgan fingerprint density at radius 2 is 2.07 bits per heavy atom. The third-order valence-corrected chi connectivity index (χ3v) is 4.79. The molecule has 1 fully saturated rings.